The number of nitrogens with zero attached hydrogens (tertiary/aromatic N) is 1. The summed E-state index contributed by atoms with van der Waals surface area (Å²) in [5, 5.41) is 3.34. The maximum atomic E-state index is 14.1. The summed E-state index contributed by atoms with van der Waals surface area (Å²) >= 11 is 3.32. The first-order valence-electron chi connectivity index (χ1n) is 6.62. The second-order valence-corrected chi connectivity index (χ2v) is 5.67. The van der Waals surface area contributed by atoms with Crippen molar-refractivity contribution in [3.05, 3.63) is 34.1 Å². The van der Waals surface area contributed by atoms with Gasteiger partial charge in [0, 0.05) is 42.3 Å². The van der Waals surface area contributed by atoms with Crippen molar-refractivity contribution in [3.63, 3.8) is 0 Å². The van der Waals surface area contributed by atoms with Crippen LogP contribution in [0.25, 0.3) is 0 Å². The Hall–Kier alpha value is 0.130. The van der Waals surface area contributed by atoms with Crippen molar-refractivity contribution in [2.24, 2.45) is 0 Å². The molecule has 0 amide bonds. The summed E-state index contributed by atoms with van der Waals surface area (Å²) in [6.07, 6.45) is 2.09. The molecule has 1 saturated heterocycles. The van der Waals surface area contributed by atoms with Crippen LogP contribution in [0.1, 0.15) is 31.4 Å². The molecule has 1 heterocycles. The van der Waals surface area contributed by atoms with E-state index in [-0.39, 0.29) is 36.7 Å². The number of hydrogen-bond donors (Lipinski definition) is 1. The van der Waals surface area contributed by atoms with Gasteiger partial charge in [-0.15, -0.1) is 24.8 Å². The zero-order valence-electron chi connectivity index (χ0n) is 11.6. The highest BCUT2D eigenvalue weighted by molar-refractivity contribution is 9.10. The number of hydrogen-bond acceptors (Lipinski definition) is 2. The van der Waals surface area contributed by atoms with Crippen LogP contribution in [0, 0.1) is 5.82 Å². The van der Waals surface area contributed by atoms with Crippen molar-refractivity contribution in [3.8, 4) is 0 Å². The lowest BCUT2D eigenvalue weighted by molar-refractivity contribution is 0.161. The SMILES string of the molecule is CCC[C@H](c1ccc(Br)cc1F)N1CCNCC1.Cl.Cl. The number of piperazine rings is 1. The fourth-order valence-electron chi connectivity index (χ4n) is 2.57. The molecule has 2 rings (SSSR count). The molecule has 1 aromatic carbocycles. The standard InChI is InChI=1S/C14H20BrFN2.2ClH/c1-2-3-14(18-8-6-17-7-9-18)12-5-4-11(15)10-13(12)16;;/h4-5,10,14,17H,2-3,6-9H2,1H3;2*1H/t14-;;/m1../s1. The Labute approximate surface area is 141 Å². The van der Waals surface area contributed by atoms with E-state index in [0.717, 1.165) is 49.1 Å². The Kier molecular flexibility index (Phi) is 10.0. The molecular formula is C14H22BrCl2FN2. The van der Waals surface area contributed by atoms with Gasteiger partial charge in [0.25, 0.3) is 0 Å². The number of halogens is 4. The molecule has 1 N–H and O–H groups in total. The van der Waals surface area contributed by atoms with Gasteiger partial charge in [0.2, 0.25) is 0 Å². The van der Waals surface area contributed by atoms with Crippen LogP contribution < -0.4 is 5.32 Å². The van der Waals surface area contributed by atoms with Gasteiger partial charge in [-0.25, -0.2) is 4.39 Å². The van der Waals surface area contributed by atoms with Crippen molar-refractivity contribution < 1.29 is 4.39 Å². The van der Waals surface area contributed by atoms with Gasteiger partial charge in [-0.3, -0.25) is 4.90 Å². The van der Waals surface area contributed by atoms with Crippen LogP contribution in [-0.2, 0) is 0 Å². The predicted molar refractivity (Wildman–Crippen MR) is 90.7 cm³/mol. The minimum Gasteiger partial charge on any atom is -0.314 e. The van der Waals surface area contributed by atoms with E-state index in [9.17, 15) is 4.39 Å². The summed E-state index contributed by atoms with van der Waals surface area (Å²) in [4.78, 5) is 2.40. The lowest BCUT2D eigenvalue weighted by Crippen LogP contribution is -2.45. The largest absolute Gasteiger partial charge is 0.314 e. The van der Waals surface area contributed by atoms with E-state index in [4.69, 9.17) is 0 Å². The van der Waals surface area contributed by atoms with Crippen molar-refractivity contribution in [2.45, 2.75) is 25.8 Å². The highest BCUT2D eigenvalue weighted by atomic mass is 79.9. The molecule has 1 atom stereocenters. The minimum absolute atomic E-state index is 0. The van der Waals surface area contributed by atoms with Crippen LogP contribution >= 0.6 is 40.7 Å². The number of rotatable bonds is 4. The minimum atomic E-state index is -0.0960. The monoisotopic (exact) mass is 386 g/mol. The molecule has 0 saturated carbocycles. The Balaban J connectivity index is 0.00000180. The lowest BCUT2D eigenvalue weighted by atomic mass is 9.99. The second kappa shape index (κ2) is 9.96. The van der Waals surface area contributed by atoms with Gasteiger partial charge in [0.05, 0.1) is 0 Å². The molecule has 0 unspecified atom stereocenters. The molecule has 1 aromatic rings. The fraction of sp³-hybridized carbons (Fsp3) is 0.571. The molecule has 1 aliphatic rings. The van der Waals surface area contributed by atoms with E-state index >= 15 is 0 Å². The number of benzene rings is 1. The third kappa shape index (κ3) is 5.15. The van der Waals surface area contributed by atoms with Crippen LogP contribution in [-0.4, -0.2) is 31.1 Å². The second-order valence-electron chi connectivity index (χ2n) is 4.76. The highest BCUT2D eigenvalue weighted by Gasteiger charge is 2.23. The first-order valence-corrected chi connectivity index (χ1v) is 7.41. The molecule has 0 spiro atoms. The van der Waals surface area contributed by atoms with Crippen LogP contribution in [0.3, 0.4) is 0 Å². The average molecular weight is 388 g/mol. The van der Waals surface area contributed by atoms with Crippen LogP contribution in [0.15, 0.2) is 22.7 Å². The van der Waals surface area contributed by atoms with Gasteiger partial charge in [0.1, 0.15) is 5.82 Å². The molecule has 0 bridgehead atoms. The van der Waals surface area contributed by atoms with E-state index < -0.39 is 0 Å². The molecule has 2 nitrogen and oxygen atoms in total. The zero-order chi connectivity index (χ0) is 13.0. The maximum Gasteiger partial charge on any atom is 0.129 e. The maximum absolute atomic E-state index is 14.1. The molecule has 0 radical (unpaired) electrons. The Morgan fingerprint density at radius 2 is 1.95 bits per heavy atom. The average Bonchev–Trinajstić information content (AvgIpc) is 2.38. The van der Waals surface area contributed by atoms with Crippen molar-refractivity contribution in [1.29, 1.82) is 0 Å². The normalized spacial score (nSPS) is 16.9. The first-order chi connectivity index (χ1) is 8.72. The molecule has 6 heteroatoms. The number of nitrogens with one attached hydrogen (secondary N) is 1. The van der Waals surface area contributed by atoms with Gasteiger partial charge in [-0.2, -0.15) is 0 Å². The van der Waals surface area contributed by atoms with Gasteiger partial charge in [0.15, 0.2) is 0 Å². The van der Waals surface area contributed by atoms with Crippen LogP contribution in [0.4, 0.5) is 4.39 Å². The third-order valence-corrected chi connectivity index (χ3v) is 3.97. The molecule has 1 aliphatic heterocycles. The summed E-state index contributed by atoms with van der Waals surface area (Å²) in [6.45, 7) is 6.16. The van der Waals surface area contributed by atoms with Crippen molar-refractivity contribution in [1.82, 2.24) is 10.2 Å². The van der Waals surface area contributed by atoms with Gasteiger partial charge < -0.3 is 5.32 Å². The van der Waals surface area contributed by atoms with E-state index in [2.05, 4.69) is 33.1 Å². The van der Waals surface area contributed by atoms with Crippen molar-refractivity contribution in [2.75, 3.05) is 26.2 Å². The first kappa shape index (κ1) is 20.1. The summed E-state index contributed by atoms with van der Waals surface area (Å²) < 4.78 is 14.9. The summed E-state index contributed by atoms with van der Waals surface area (Å²) in [5.41, 5.74) is 0.835. The predicted octanol–water partition coefficient (Wildman–Crippen LogP) is 4.18. The summed E-state index contributed by atoms with van der Waals surface area (Å²) in [7, 11) is 0. The smallest absolute Gasteiger partial charge is 0.129 e. The van der Waals surface area contributed by atoms with Crippen LogP contribution in [0.5, 0.6) is 0 Å². The zero-order valence-corrected chi connectivity index (χ0v) is 14.8. The van der Waals surface area contributed by atoms with E-state index in [0.29, 0.717) is 0 Å². The Morgan fingerprint density at radius 1 is 1.30 bits per heavy atom. The van der Waals surface area contributed by atoms with E-state index in [1.807, 2.05) is 12.1 Å². The fourth-order valence-corrected chi connectivity index (χ4v) is 2.91. The van der Waals surface area contributed by atoms with E-state index in [1.54, 1.807) is 6.07 Å². The van der Waals surface area contributed by atoms with Gasteiger partial charge in [-0.05, 0) is 18.6 Å². The Morgan fingerprint density at radius 3 is 2.50 bits per heavy atom. The molecular weight excluding hydrogens is 366 g/mol. The molecule has 20 heavy (non-hydrogen) atoms. The van der Waals surface area contributed by atoms with Gasteiger partial charge >= 0.3 is 0 Å². The Bertz CT molecular complexity index is 401. The van der Waals surface area contributed by atoms with Crippen molar-refractivity contribution >= 4 is 40.7 Å². The quantitative estimate of drug-likeness (QED) is 0.833. The summed E-state index contributed by atoms with van der Waals surface area (Å²) in [6, 6.07) is 5.64. The molecule has 0 aliphatic carbocycles. The molecule has 1 fully saturated rings. The van der Waals surface area contributed by atoms with Gasteiger partial charge in [-0.1, -0.05) is 35.3 Å². The third-order valence-electron chi connectivity index (χ3n) is 3.48. The lowest BCUT2D eigenvalue weighted by Gasteiger charge is -2.35. The molecule has 0 aromatic heterocycles. The molecule has 116 valence electrons. The summed E-state index contributed by atoms with van der Waals surface area (Å²) in [5.74, 6) is -0.0960. The van der Waals surface area contributed by atoms with Crippen LogP contribution in [0.2, 0.25) is 0 Å². The van der Waals surface area contributed by atoms with E-state index in [1.165, 1.54) is 0 Å². The highest BCUT2D eigenvalue weighted by Crippen LogP contribution is 2.29. The topological polar surface area (TPSA) is 15.3 Å².